The van der Waals surface area contributed by atoms with Gasteiger partial charge in [-0.2, -0.15) is 0 Å². The van der Waals surface area contributed by atoms with E-state index in [9.17, 15) is 4.79 Å². The van der Waals surface area contributed by atoms with Gasteiger partial charge in [0.2, 0.25) is 0 Å². The highest BCUT2D eigenvalue weighted by molar-refractivity contribution is 5.75. The summed E-state index contributed by atoms with van der Waals surface area (Å²) in [7, 11) is 0. The normalized spacial score (nSPS) is 25.3. The zero-order valence-electron chi connectivity index (χ0n) is 10.7. The van der Waals surface area contributed by atoms with Crippen LogP contribution in [-0.2, 0) is 4.74 Å². The number of carbonyl (C=O) groups is 1. The lowest BCUT2D eigenvalue weighted by atomic mass is 10.0. The number of ether oxygens (including phenoxy) is 2. The van der Waals surface area contributed by atoms with Gasteiger partial charge < -0.3 is 20.1 Å². The monoisotopic (exact) mass is 262 g/mol. The smallest absolute Gasteiger partial charge is 0.315 e. The Hall–Kier alpha value is -1.75. The molecule has 0 saturated carbocycles. The highest BCUT2D eigenvalue weighted by Gasteiger charge is 2.24. The van der Waals surface area contributed by atoms with E-state index in [1.807, 2.05) is 24.3 Å². The number of amides is 2. The largest absolute Gasteiger partial charge is 0.493 e. The third kappa shape index (κ3) is 2.81. The summed E-state index contributed by atoms with van der Waals surface area (Å²) in [5.41, 5.74) is 1.05. The Bertz CT molecular complexity index is 458. The van der Waals surface area contributed by atoms with Gasteiger partial charge in [0.1, 0.15) is 5.75 Å². The summed E-state index contributed by atoms with van der Waals surface area (Å²) in [5.74, 6) is 0.864. The topological polar surface area (TPSA) is 59.6 Å². The van der Waals surface area contributed by atoms with Crippen LogP contribution >= 0.6 is 0 Å². The van der Waals surface area contributed by atoms with Crippen LogP contribution in [0.15, 0.2) is 24.3 Å². The Kier molecular flexibility index (Phi) is 3.55. The number of benzene rings is 1. The number of rotatable bonds is 2. The number of hydrogen-bond acceptors (Lipinski definition) is 3. The van der Waals surface area contributed by atoms with E-state index >= 15 is 0 Å². The number of urea groups is 1. The molecule has 0 aliphatic carbocycles. The second-order valence-electron chi connectivity index (χ2n) is 4.91. The van der Waals surface area contributed by atoms with Crippen LogP contribution in [0, 0.1) is 0 Å². The molecule has 0 radical (unpaired) electrons. The molecule has 1 aromatic rings. The van der Waals surface area contributed by atoms with Crippen LogP contribution < -0.4 is 15.4 Å². The molecule has 102 valence electrons. The number of hydrogen-bond donors (Lipinski definition) is 2. The third-order valence-corrected chi connectivity index (χ3v) is 3.53. The van der Waals surface area contributed by atoms with Gasteiger partial charge in [-0.15, -0.1) is 0 Å². The summed E-state index contributed by atoms with van der Waals surface area (Å²) in [5, 5.41) is 5.96. The SMILES string of the molecule is O=C(NC1CCOC1)NC1CCOc2ccccc21. The van der Waals surface area contributed by atoms with E-state index in [0.717, 1.165) is 30.8 Å². The molecular weight excluding hydrogens is 244 g/mol. The van der Waals surface area contributed by atoms with E-state index < -0.39 is 0 Å². The molecule has 3 rings (SSSR count). The number of nitrogens with one attached hydrogen (secondary N) is 2. The van der Waals surface area contributed by atoms with Gasteiger partial charge in [0.15, 0.2) is 0 Å². The highest BCUT2D eigenvalue weighted by atomic mass is 16.5. The average Bonchev–Trinajstić information content (AvgIpc) is 2.92. The van der Waals surface area contributed by atoms with Crippen molar-refractivity contribution in [2.75, 3.05) is 19.8 Å². The van der Waals surface area contributed by atoms with E-state index in [1.54, 1.807) is 0 Å². The van der Waals surface area contributed by atoms with Crippen LogP contribution in [-0.4, -0.2) is 31.9 Å². The van der Waals surface area contributed by atoms with Crippen molar-refractivity contribution in [3.8, 4) is 5.75 Å². The Morgan fingerprint density at radius 2 is 2.05 bits per heavy atom. The molecule has 2 aliphatic rings. The Morgan fingerprint density at radius 3 is 2.89 bits per heavy atom. The zero-order valence-corrected chi connectivity index (χ0v) is 10.7. The predicted molar refractivity (Wildman–Crippen MR) is 70.2 cm³/mol. The summed E-state index contributed by atoms with van der Waals surface area (Å²) in [4.78, 5) is 12.0. The molecule has 1 fully saturated rings. The third-order valence-electron chi connectivity index (χ3n) is 3.53. The second-order valence-corrected chi connectivity index (χ2v) is 4.91. The first-order valence-electron chi connectivity index (χ1n) is 6.69. The molecule has 2 amide bonds. The lowest BCUT2D eigenvalue weighted by molar-refractivity contribution is 0.187. The van der Waals surface area contributed by atoms with Crippen molar-refractivity contribution in [2.24, 2.45) is 0 Å². The number of para-hydroxylation sites is 1. The van der Waals surface area contributed by atoms with E-state index in [1.165, 1.54) is 0 Å². The van der Waals surface area contributed by atoms with Gasteiger partial charge in [-0.1, -0.05) is 18.2 Å². The first kappa shape index (κ1) is 12.3. The van der Waals surface area contributed by atoms with Crippen molar-refractivity contribution in [3.63, 3.8) is 0 Å². The molecule has 2 N–H and O–H groups in total. The first-order chi connectivity index (χ1) is 9.33. The van der Waals surface area contributed by atoms with Gasteiger partial charge >= 0.3 is 6.03 Å². The highest BCUT2D eigenvalue weighted by Crippen LogP contribution is 2.31. The average molecular weight is 262 g/mol. The Labute approximate surface area is 112 Å². The molecule has 1 aromatic carbocycles. The van der Waals surface area contributed by atoms with Crippen molar-refractivity contribution < 1.29 is 14.3 Å². The fourth-order valence-electron chi connectivity index (χ4n) is 2.53. The summed E-state index contributed by atoms with van der Waals surface area (Å²) in [6.07, 6.45) is 1.68. The second kappa shape index (κ2) is 5.48. The van der Waals surface area contributed by atoms with Crippen LogP contribution in [0.4, 0.5) is 4.79 Å². The molecule has 2 heterocycles. The van der Waals surface area contributed by atoms with Crippen molar-refractivity contribution in [3.05, 3.63) is 29.8 Å². The van der Waals surface area contributed by atoms with E-state index in [0.29, 0.717) is 13.2 Å². The molecule has 0 spiro atoms. The zero-order chi connectivity index (χ0) is 13.1. The molecule has 2 atom stereocenters. The lowest BCUT2D eigenvalue weighted by Crippen LogP contribution is -2.44. The standard InChI is InChI=1S/C14H18N2O3/c17-14(15-10-5-7-18-9-10)16-12-6-8-19-13-4-2-1-3-11(12)13/h1-4,10,12H,5-9H2,(H2,15,16,17). The van der Waals surface area contributed by atoms with Gasteiger partial charge in [0.25, 0.3) is 0 Å². The van der Waals surface area contributed by atoms with Crippen LogP contribution in [0.1, 0.15) is 24.4 Å². The van der Waals surface area contributed by atoms with E-state index in [-0.39, 0.29) is 18.1 Å². The molecule has 2 unspecified atom stereocenters. The molecule has 2 aliphatic heterocycles. The quantitative estimate of drug-likeness (QED) is 0.851. The number of carbonyl (C=O) groups excluding carboxylic acids is 1. The fourth-order valence-corrected chi connectivity index (χ4v) is 2.53. The predicted octanol–water partition coefficient (Wildman–Crippen LogP) is 1.60. The fraction of sp³-hybridized carbons (Fsp3) is 0.500. The van der Waals surface area contributed by atoms with Crippen molar-refractivity contribution in [1.29, 1.82) is 0 Å². The number of fused-ring (bicyclic) bond motifs is 1. The Balaban J connectivity index is 1.62. The minimum atomic E-state index is -0.128. The van der Waals surface area contributed by atoms with Gasteiger partial charge in [-0.25, -0.2) is 4.79 Å². The summed E-state index contributed by atoms with van der Waals surface area (Å²) < 4.78 is 10.8. The lowest BCUT2D eigenvalue weighted by Gasteiger charge is -2.27. The molecule has 5 heteroatoms. The maximum atomic E-state index is 12.0. The van der Waals surface area contributed by atoms with Gasteiger partial charge in [0.05, 0.1) is 25.3 Å². The maximum Gasteiger partial charge on any atom is 0.315 e. The van der Waals surface area contributed by atoms with Crippen LogP contribution in [0.3, 0.4) is 0 Å². The van der Waals surface area contributed by atoms with Gasteiger partial charge in [-0.3, -0.25) is 0 Å². The summed E-state index contributed by atoms with van der Waals surface area (Å²) in [6.45, 7) is 1.97. The van der Waals surface area contributed by atoms with Gasteiger partial charge in [0, 0.05) is 18.6 Å². The van der Waals surface area contributed by atoms with E-state index in [2.05, 4.69) is 10.6 Å². The molecule has 1 saturated heterocycles. The minimum absolute atomic E-state index is 0.0206. The molecule has 0 aromatic heterocycles. The summed E-state index contributed by atoms with van der Waals surface area (Å²) in [6, 6.07) is 7.87. The first-order valence-corrected chi connectivity index (χ1v) is 6.69. The molecule has 5 nitrogen and oxygen atoms in total. The Morgan fingerprint density at radius 1 is 1.16 bits per heavy atom. The van der Waals surface area contributed by atoms with Crippen LogP contribution in [0.25, 0.3) is 0 Å². The van der Waals surface area contributed by atoms with E-state index in [4.69, 9.17) is 9.47 Å². The van der Waals surface area contributed by atoms with Crippen molar-refractivity contribution in [1.82, 2.24) is 10.6 Å². The minimum Gasteiger partial charge on any atom is -0.493 e. The maximum absolute atomic E-state index is 12.0. The molecule has 19 heavy (non-hydrogen) atoms. The molecular formula is C14H18N2O3. The van der Waals surface area contributed by atoms with Crippen LogP contribution in [0.5, 0.6) is 5.75 Å². The van der Waals surface area contributed by atoms with Crippen molar-refractivity contribution >= 4 is 6.03 Å². The summed E-state index contributed by atoms with van der Waals surface area (Å²) >= 11 is 0. The van der Waals surface area contributed by atoms with Crippen molar-refractivity contribution in [2.45, 2.75) is 24.9 Å². The van der Waals surface area contributed by atoms with Crippen LogP contribution in [0.2, 0.25) is 0 Å². The molecule has 0 bridgehead atoms. The van der Waals surface area contributed by atoms with Gasteiger partial charge in [-0.05, 0) is 12.5 Å².